The molecule has 17 heavy (non-hydrogen) atoms. The molecule has 0 amide bonds. The fourth-order valence-electron chi connectivity index (χ4n) is 1.51. The number of aryl methyl sites for hydroxylation is 1. The van der Waals surface area contributed by atoms with E-state index in [9.17, 15) is 4.39 Å². The SMILES string of the molecule is Cc1nn(Cc2ccc(F)c(Br)c2)c(N)c1Br. The monoisotopic (exact) mass is 361 g/mol. The Labute approximate surface area is 115 Å². The molecule has 1 aromatic carbocycles. The summed E-state index contributed by atoms with van der Waals surface area (Å²) in [4.78, 5) is 0. The van der Waals surface area contributed by atoms with Gasteiger partial charge in [0, 0.05) is 0 Å². The summed E-state index contributed by atoms with van der Waals surface area (Å²) in [6.07, 6.45) is 0. The number of nitrogens with two attached hydrogens (primary N) is 1. The predicted octanol–water partition coefficient (Wildman–Crippen LogP) is 3.49. The second-order valence-electron chi connectivity index (χ2n) is 3.69. The lowest BCUT2D eigenvalue weighted by Crippen LogP contribution is -2.06. The number of benzene rings is 1. The van der Waals surface area contributed by atoms with Gasteiger partial charge in [-0.05, 0) is 56.5 Å². The maximum Gasteiger partial charge on any atom is 0.137 e. The molecule has 2 N–H and O–H groups in total. The van der Waals surface area contributed by atoms with E-state index in [0.29, 0.717) is 16.8 Å². The maximum absolute atomic E-state index is 13.1. The highest BCUT2D eigenvalue weighted by Gasteiger charge is 2.10. The number of rotatable bonds is 2. The number of aromatic nitrogens is 2. The first kappa shape index (κ1) is 12.6. The second kappa shape index (κ2) is 4.78. The third-order valence-corrected chi connectivity index (χ3v) is 4.00. The van der Waals surface area contributed by atoms with Crippen LogP contribution in [0.5, 0.6) is 0 Å². The average Bonchev–Trinajstić information content (AvgIpc) is 2.52. The van der Waals surface area contributed by atoms with Gasteiger partial charge < -0.3 is 5.73 Å². The molecule has 0 bridgehead atoms. The van der Waals surface area contributed by atoms with E-state index in [1.807, 2.05) is 6.92 Å². The molecule has 0 saturated heterocycles. The minimum atomic E-state index is -0.278. The van der Waals surface area contributed by atoms with Crippen LogP contribution in [-0.2, 0) is 6.54 Å². The van der Waals surface area contributed by atoms with Crippen molar-refractivity contribution in [1.82, 2.24) is 9.78 Å². The van der Waals surface area contributed by atoms with Crippen molar-refractivity contribution in [1.29, 1.82) is 0 Å². The molecule has 6 heteroatoms. The van der Waals surface area contributed by atoms with Gasteiger partial charge in [-0.2, -0.15) is 5.10 Å². The van der Waals surface area contributed by atoms with Gasteiger partial charge in [0.25, 0.3) is 0 Å². The topological polar surface area (TPSA) is 43.8 Å². The highest BCUT2D eigenvalue weighted by Crippen LogP contribution is 2.24. The molecular weight excluding hydrogens is 353 g/mol. The maximum atomic E-state index is 13.1. The summed E-state index contributed by atoms with van der Waals surface area (Å²) in [6.45, 7) is 2.38. The van der Waals surface area contributed by atoms with Crippen molar-refractivity contribution in [2.45, 2.75) is 13.5 Å². The number of anilines is 1. The van der Waals surface area contributed by atoms with Crippen LogP contribution in [0.25, 0.3) is 0 Å². The van der Waals surface area contributed by atoms with Gasteiger partial charge in [0.1, 0.15) is 11.6 Å². The van der Waals surface area contributed by atoms with Crippen molar-refractivity contribution in [3.63, 3.8) is 0 Å². The molecule has 0 spiro atoms. The van der Waals surface area contributed by atoms with Gasteiger partial charge in [-0.15, -0.1) is 0 Å². The number of nitrogen functional groups attached to an aromatic ring is 1. The highest BCUT2D eigenvalue weighted by molar-refractivity contribution is 9.11. The summed E-state index contributed by atoms with van der Waals surface area (Å²) < 4.78 is 16.0. The molecule has 0 atom stereocenters. The fraction of sp³-hybridized carbons (Fsp3) is 0.182. The first-order valence-electron chi connectivity index (χ1n) is 4.91. The van der Waals surface area contributed by atoms with E-state index in [2.05, 4.69) is 37.0 Å². The van der Waals surface area contributed by atoms with Crippen molar-refractivity contribution >= 4 is 37.7 Å². The molecule has 1 heterocycles. The van der Waals surface area contributed by atoms with E-state index in [0.717, 1.165) is 15.7 Å². The quantitative estimate of drug-likeness (QED) is 0.888. The summed E-state index contributed by atoms with van der Waals surface area (Å²) in [7, 11) is 0. The zero-order valence-corrected chi connectivity index (χ0v) is 12.2. The third-order valence-electron chi connectivity index (χ3n) is 2.41. The van der Waals surface area contributed by atoms with Gasteiger partial charge >= 0.3 is 0 Å². The smallest absolute Gasteiger partial charge is 0.137 e. The van der Waals surface area contributed by atoms with E-state index in [-0.39, 0.29) is 5.82 Å². The summed E-state index contributed by atoms with van der Waals surface area (Å²) in [5.74, 6) is 0.294. The molecule has 0 aliphatic rings. The van der Waals surface area contributed by atoms with Crippen LogP contribution in [0, 0.1) is 12.7 Å². The Balaban J connectivity index is 2.31. The van der Waals surface area contributed by atoms with Crippen molar-refractivity contribution < 1.29 is 4.39 Å². The van der Waals surface area contributed by atoms with Crippen LogP contribution in [0.4, 0.5) is 10.2 Å². The van der Waals surface area contributed by atoms with Crippen LogP contribution in [-0.4, -0.2) is 9.78 Å². The molecule has 2 aromatic rings. The lowest BCUT2D eigenvalue weighted by Gasteiger charge is -2.05. The Kier molecular flexibility index (Phi) is 3.53. The van der Waals surface area contributed by atoms with Crippen LogP contribution >= 0.6 is 31.9 Å². The minimum Gasteiger partial charge on any atom is -0.383 e. The number of halogens is 3. The first-order valence-corrected chi connectivity index (χ1v) is 6.50. The fourth-order valence-corrected chi connectivity index (χ4v) is 2.22. The second-order valence-corrected chi connectivity index (χ2v) is 5.34. The normalized spacial score (nSPS) is 10.8. The zero-order chi connectivity index (χ0) is 12.6. The van der Waals surface area contributed by atoms with E-state index < -0.39 is 0 Å². The van der Waals surface area contributed by atoms with E-state index in [1.54, 1.807) is 16.8 Å². The van der Waals surface area contributed by atoms with Gasteiger partial charge in [0.2, 0.25) is 0 Å². The van der Waals surface area contributed by atoms with E-state index in [1.165, 1.54) is 6.07 Å². The largest absolute Gasteiger partial charge is 0.383 e. The van der Waals surface area contributed by atoms with Crippen molar-refractivity contribution in [2.24, 2.45) is 0 Å². The molecule has 90 valence electrons. The van der Waals surface area contributed by atoms with Gasteiger partial charge in [0.15, 0.2) is 0 Å². The van der Waals surface area contributed by atoms with Crippen molar-refractivity contribution in [3.05, 3.63) is 44.2 Å². The highest BCUT2D eigenvalue weighted by atomic mass is 79.9. The van der Waals surface area contributed by atoms with Crippen LogP contribution < -0.4 is 5.73 Å². The number of hydrogen-bond donors (Lipinski definition) is 1. The van der Waals surface area contributed by atoms with Crippen LogP contribution in [0.1, 0.15) is 11.3 Å². The minimum absolute atomic E-state index is 0.278. The molecule has 0 fully saturated rings. The van der Waals surface area contributed by atoms with Gasteiger partial charge in [0.05, 0.1) is 21.2 Å². The molecule has 1 aromatic heterocycles. The molecule has 0 saturated carbocycles. The molecular formula is C11H10Br2FN3. The van der Waals surface area contributed by atoms with E-state index in [4.69, 9.17) is 5.73 Å². The van der Waals surface area contributed by atoms with Crippen molar-refractivity contribution in [2.75, 3.05) is 5.73 Å². The van der Waals surface area contributed by atoms with Crippen molar-refractivity contribution in [3.8, 4) is 0 Å². The molecule has 0 aliphatic heterocycles. The Bertz CT molecular complexity index is 566. The van der Waals surface area contributed by atoms with Crippen LogP contribution in [0.15, 0.2) is 27.1 Å². The van der Waals surface area contributed by atoms with Crippen LogP contribution in [0.2, 0.25) is 0 Å². The predicted molar refractivity (Wildman–Crippen MR) is 72.3 cm³/mol. The third kappa shape index (κ3) is 2.52. The lowest BCUT2D eigenvalue weighted by atomic mass is 10.2. The standard InChI is InChI=1S/C11H10Br2FN3/c1-6-10(13)11(15)17(16-6)5-7-2-3-9(14)8(12)4-7/h2-4H,5,15H2,1H3. The molecule has 3 nitrogen and oxygen atoms in total. The summed E-state index contributed by atoms with van der Waals surface area (Å²) in [5.41, 5.74) is 7.65. The van der Waals surface area contributed by atoms with Crippen LogP contribution in [0.3, 0.4) is 0 Å². The van der Waals surface area contributed by atoms with Gasteiger partial charge in [-0.1, -0.05) is 6.07 Å². The Morgan fingerprint density at radius 1 is 1.41 bits per heavy atom. The number of hydrogen-bond acceptors (Lipinski definition) is 2. The first-order chi connectivity index (χ1) is 7.99. The summed E-state index contributed by atoms with van der Waals surface area (Å²) in [6, 6.07) is 4.85. The molecule has 0 radical (unpaired) electrons. The average molecular weight is 363 g/mol. The molecule has 0 unspecified atom stereocenters. The Morgan fingerprint density at radius 3 is 2.65 bits per heavy atom. The Morgan fingerprint density at radius 2 is 2.12 bits per heavy atom. The number of nitrogens with zero attached hydrogens (tertiary/aromatic N) is 2. The zero-order valence-electron chi connectivity index (χ0n) is 9.04. The van der Waals surface area contributed by atoms with Gasteiger partial charge in [-0.25, -0.2) is 9.07 Å². The molecule has 2 rings (SSSR count). The van der Waals surface area contributed by atoms with E-state index >= 15 is 0 Å². The van der Waals surface area contributed by atoms with Gasteiger partial charge in [-0.3, -0.25) is 0 Å². The molecule has 0 aliphatic carbocycles. The Hall–Kier alpha value is -0.880. The lowest BCUT2D eigenvalue weighted by molar-refractivity contribution is 0.618. The summed E-state index contributed by atoms with van der Waals surface area (Å²) in [5, 5.41) is 4.29. The summed E-state index contributed by atoms with van der Waals surface area (Å²) >= 11 is 6.51.